The van der Waals surface area contributed by atoms with E-state index >= 15 is 0 Å². The Morgan fingerprint density at radius 3 is 2.18 bits per heavy atom. The summed E-state index contributed by atoms with van der Waals surface area (Å²) in [5.74, 6) is -0.213. The number of carbonyl (C=O) groups excluding carboxylic acids is 1. The molecule has 0 spiro atoms. The first kappa shape index (κ1) is 22.8. The topological polar surface area (TPSA) is 48.4 Å². The highest BCUT2D eigenvalue weighted by molar-refractivity contribution is 7.09. The monoisotopic (exact) mass is 419 g/mol. The quantitative estimate of drug-likeness (QED) is 0.461. The van der Waals surface area contributed by atoms with Gasteiger partial charge < -0.3 is 9.16 Å². The molecule has 1 heterocycles. The minimum atomic E-state index is -0.630. The number of benzene rings is 1. The molecule has 0 fully saturated rings. The Bertz CT molecular complexity index is 798. The lowest BCUT2D eigenvalue weighted by molar-refractivity contribution is -0.154. The minimum Gasteiger partial charge on any atom is -0.458 e. The van der Waals surface area contributed by atoms with Crippen molar-refractivity contribution in [3.05, 3.63) is 40.2 Å². The van der Waals surface area contributed by atoms with Gasteiger partial charge in [-0.15, -0.1) is 11.3 Å². The molecule has 154 valence electrons. The van der Waals surface area contributed by atoms with Gasteiger partial charge in [-0.05, 0) is 45.2 Å². The van der Waals surface area contributed by atoms with Crippen molar-refractivity contribution in [1.29, 1.82) is 0 Å². The molecule has 28 heavy (non-hydrogen) atoms. The average molecular weight is 420 g/mol. The second kappa shape index (κ2) is 8.47. The molecular formula is C22H33NO3SSi. The first-order valence-corrected chi connectivity index (χ1v) is 11.8. The van der Waals surface area contributed by atoms with E-state index in [-0.39, 0.29) is 23.2 Å². The molecule has 0 N–H and O–H groups in total. The van der Waals surface area contributed by atoms with Crippen LogP contribution in [0.1, 0.15) is 66.0 Å². The van der Waals surface area contributed by atoms with Crippen LogP contribution in [0.4, 0.5) is 0 Å². The van der Waals surface area contributed by atoms with Gasteiger partial charge in [0.15, 0.2) is 9.76 Å². The molecule has 4 nitrogen and oxygen atoms in total. The molecule has 2 rings (SSSR count). The van der Waals surface area contributed by atoms with Gasteiger partial charge in [-0.25, -0.2) is 4.98 Å². The van der Waals surface area contributed by atoms with E-state index < -0.39 is 15.2 Å². The SMILES string of the molecule is CC(C)(C)[SiH2]OC(C)(C)c1ccc(-c2csc(COC(=O)C(C)(C)C)n2)cc1. The number of rotatable bonds is 6. The highest BCUT2D eigenvalue weighted by atomic mass is 32.1. The number of esters is 1. The van der Waals surface area contributed by atoms with Crippen molar-refractivity contribution in [3.63, 3.8) is 0 Å². The predicted octanol–water partition coefficient (Wildman–Crippen LogP) is 5.45. The summed E-state index contributed by atoms with van der Waals surface area (Å²) in [6, 6.07) is 8.40. The highest BCUT2D eigenvalue weighted by Crippen LogP contribution is 2.31. The van der Waals surface area contributed by atoms with Gasteiger partial charge in [0.05, 0.1) is 16.7 Å². The summed E-state index contributed by atoms with van der Waals surface area (Å²) >= 11 is 1.51. The smallest absolute Gasteiger partial charge is 0.311 e. The van der Waals surface area contributed by atoms with Gasteiger partial charge in [-0.1, -0.05) is 45.0 Å². The Kier molecular flexibility index (Phi) is 6.89. The Morgan fingerprint density at radius 2 is 1.64 bits per heavy atom. The predicted molar refractivity (Wildman–Crippen MR) is 119 cm³/mol. The Morgan fingerprint density at radius 1 is 1.04 bits per heavy atom. The van der Waals surface area contributed by atoms with E-state index in [2.05, 4.69) is 63.9 Å². The maximum atomic E-state index is 11.9. The molecule has 0 amide bonds. The summed E-state index contributed by atoms with van der Waals surface area (Å²) in [5, 5.41) is 3.07. The Labute approximate surface area is 175 Å². The van der Waals surface area contributed by atoms with E-state index in [1.165, 1.54) is 16.9 Å². The van der Waals surface area contributed by atoms with Crippen LogP contribution in [0.2, 0.25) is 5.04 Å². The van der Waals surface area contributed by atoms with Crippen LogP contribution in [0, 0.1) is 5.41 Å². The Balaban J connectivity index is 2.04. The molecule has 0 aliphatic carbocycles. The fourth-order valence-corrected chi connectivity index (χ4v) is 4.05. The van der Waals surface area contributed by atoms with Crippen molar-refractivity contribution >= 4 is 27.1 Å². The van der Waals surface area contributed by atoms with Crippen LogP contribution in [0.15, 0.2) is 29.6 Å². The first-order valence-electron chi connectivity index (χ1n) is 9.64. The van der Waals surface area contributed by atoms with E-state index in [4.69, 9.17) is 9.16 Å². The van der Waals surface area contributed by atoms with Crippen LogP contribution in [0.5, 0.6) is 0 Å². The number of aromatic nitrogens is 1. The van der Waals surface area contributed by atoms with Crippen molar-refractivity contribution in [1.82, 2.24) is 4.98 Å². The van der Waals surface area contributed by atoms with Crippen LogP contribution in [-0.2, 0) is 26.2 Å². The van der Waals surface area contributed by atoms with Crippen molar-refractivity contribution in [3.8, 4) is 11.3 Å². The standard InChI is InChI=1S/C22H33NO3SSi/c1-20(2,3)19(24)25-13-18-23-17(14-27-18)15-9-11-16(12-10-15)22(7,8)26-28-21(4,5)6/h9-12,14H,13,28H2,1-8H3. The molecule has 2 aromatic rings. The van der Waals surface area contributed by atoms with Crippen molar-refractivity contribution in [2.24, 2.45) is 5.41 Å². The van der Waals surface area contributed by atoms with Crippen molar-refractivity contribution in [2.45, 2.75) is 72.6 Å². The molecule has 0 atom stereocenters. The summed E-state index contributed by atoms with van der Waals surface area (Å²) in [5.41, 5.74) is 2.34. The number of ether oxygens (including phenoxy) is 1. The zero-order chi connectivity index (χ0) is 21.2. The van der Waals surface area contributed by atoms with Gasteiger partial charge in [0, 0.05) is 10.9 Å². The molecule has 1 aromatic heterocycles. The average Bonchev–Trinajstić information content (AvgIpc) is 3.05. The molecule has 0 aliphatic heterocycles. The van der Waals surface area contributed by atoms with Gasteiger partial charge in [-0.2, -0.15) is 0 Å². The lowest BCUT2D eigenvalue weighted by atomic mass is 9.97. The first-order chi connectivity index (χ1) is 12.8. The molecule has 0 radical (unpaired) electrons. The fraction of sp³-hybridized carbons (Fsp3) is 0.545. The molecule has 0 bridgehead atoms. The van der Waals surface area contributed by atoms with Crippen LogP contribution in [-0.4, -0.2) is 20.7 Å². The highest BCUT2D eigenvalue weighted by Gasteiger charge is 2.25. The zero-order valence-corrected chi connectivity index (χ0v) is 20.6. The second-order valence-electron chi connectivity index (χ2n) is 9.89. The number of hydrogen-bond acceptors (Lipinski definition) is 5. The third-order valence-corrected chi connectivity index (χ3v) is 6.79. The van der Waals surface area contributed by atoms with E-state index in [0.717, 1.165) is 16.3 Å². The van der Waals surface area contributed by atoms with Crippen LogP contribution in [0.3, 0.4) is 0 Å². The lowest BCUT2D eigenvalue weighted by Crippen LogP contribution is -2.27. The number of nitrogens with zero attached hydrogens (tertiary/aromatic N) is 1. The minimum absolute atomic E-state index is 0.213. The van der Waals surface area contributed by atoms with E-state index in [1.54, 1.807) is 0 Å². The van der Waals surface area contributed by atoms with Gasteiger partial charge in [0.25, 0.3) is 0 Å². The van der Waals surface area contributed by atoms with E-state index in [0.29, 0.717) is 0 Å². The van der Waals surface area contributed by atoms with Crippen molar-refractivity contribution in [2.75, 3.05) is 0 Å². The van der Waals surface area contributed by atoms with Crippen LogP contribution < -0.4 is 0 Å². The molecule has 0 aliphatic rings. The largest absolute Gasteiger partial charge is 0.458 e. The number of thiazole rings is 1. The molecule has 6 heteroatoms. The van der Waals surface area contributed by atoms with Gasteiger partial charge in [0.1, 0.15) is 11.6 Å². The van der Waals surface area contributed by atoms with Gasteiger partial charge in [0.2, 0.25) is 0 Å². The summed E-state index contributed by atoms with van der Waals surface area (Å²) < 4.78 is 11.6. The third-order valence-electron chi connectivity index (χ3n) is 4.23. The third kappa shape index (κ3) is 6.53. The summed E-state index contributed by atoms with van der Waals surface area (Å²) in [4.78, 5) is 16.5. The van der Waals surface area contributed by atoms with Gasteiger partial charge in [-0.3, -0.25) is 4.79 Å². The van der Waals surface area contributed by atoms with Crippen LogP contribution in [0.25, 0.3) is 11.3 Å². The normalized spacial score (nSPS) is 13.3. The molecule has 0 unspecified atom stereocenters. The van der Waals surface area contributed by atoms with Gasteiger partial charge >= 0.3 is 5.97 Å². The molecule has 0 saturated carbocycles. The lowest BCUT2D eigenvalue weighted by Gasteiger charge is -2.30. The summed E-state index contributed by atoms with van der Waals surface area (Å²) in [6.07, 6.45) is 0. The summed E-state index contributed by atoms with van der Waals surface area (Å²) in [6.45, 7) is 16.7. The van der Waals surface area contributed by atoms with E-state index in [9.17, 15) is 4.79 Å². The number of carbonyl (C=O) groups is 1. The molecule has 0 saturated heterocycles. The molecular weight excluding hydrogens is 386 g/mol. The number of hydrogen-bond donors (Lipinski definition) is 0. The zero-order valence-electron chi connectivity index (χ0n) is 18.4. The Hall–Kier alpha value is -1.50. The second-order valence-corrected chi connectivity index (χ2v) is 13.5. The molecule has 1 aromatic carbocycles. The fourth-order valence-electron chi connectivity index (χ4n) is 2.38. The maximum Gasteiger partial charge on any atom is 0.311 e. The van der Waals surface area contributed by atoms with Crippen LogP contribution >= 0.6 is 11.3 Å². The summed E-state index contributed by atoms with van der Waals surface area (Å²) in [7, 11) is -0.630. The van der Waals surface area contributed by atoms with Crippen molar-refractivity contribution < 1.29 is 14.0 Å². The maximum absolute atomic E-state index is 11.9. The van der Waals surface area contributed by atoms with E-state index in [1.807, 2.05) is 26.2 Å².